The molecule has 0 saturated carbocycles. The van der Waals surface area contributed by atoms with E-state index < -0.39 is 4.92 Å². The predicted octanol–water partition coefficient (Wildman–Crippen LogP) is 2.56. The molecule has 0 unspecified atom stereocenters. The average molecular weight is 264 g/mol. The van der Waals surface area contributed by atoms with Crippen molar-refractivity contribution in [2.75, 3.05) is 12.4 Å². The van der Waals surface area contributed by atoms with E-state index in [9.17, 15) is 10.1 Å². The number of hydrogen-bond acceptors (Lipinski definition) is 5. The molecule has 0 aliphatic heterocycles. The zero-order valence-electron chi connectivity index (χ0n) is 10.2. The van der Waals surface area contributed by atoms with Gasteiger partial charge in [0.25, 0.3) is 5.69 Å². The Bertz CT molecular complexity index is 708. The van der Waals surface area contributed by atoms with Crippen molar-refractivity contribution in [2.24, 2.45) is 7.05 Å². The van der Waals surface area contributed by atoms with Crippen LogP contribution in [0.2, 0.25) is 0 Å². The molecule has 6 nitrogen and oxygen atoms in total. The summed E-state index contributed by atoms with van der Waals surface area (Å²) in [4.78, 5) is 14.8. The molecule has 0 atom stereocenters. The van der Waals surface area contributed by atoms with E-state index in [0.29, 0.717) is 15.8 Å². The predicted molar refractivity (Wildman–Crippen MR) is 72.5 cm³/mol. The van der Waals surface area contributed by atoms with Gasteiger partial charge in [-0.3, -0.25) is 10.1 Å². The molecule has 0 fully saturated rings. The van der Waals surface area contributed by atoms with E-state index in [-0.39, 0.29) is 5.69 Å². The Labute approximate surface area is 108 Å². The van der Waals surface area contributed by atoms with Crippen molar-refractivity contribution in [1.29, 1.82) is 0 Å². The molecule has 1 heterocycles. The third-order valence-corrected chi connectivity index (χ3v) is 3.35. The third kappa shape index (κ3) is 1.82. The van der Waals surface area contributed by atoms with E-state index in [4.69, 9.17) is 12.2 Å². The van der Waals surface area contributed by atoms with Gasteiger partial charge in [0.1, 0.15) is 10.5 Å². The van der Waals surface area contributed by atoms with Gasteiger partial charge in [0.2, 0.25) is 0 Å². The number of benzene rings is 1. The molecule has 0 aliphatic carbocycles. The summed E-state index contributed by atoms with van der Waals surface area (Å²) in [6.45, 7) is 1.81. The zero-order chi connectivity index (χ0) is 13.4. The highest BCUT2D eigenvalue weighted by molar-refractivity contribution is 7.71. The average Bonchev–Trinajstić information content (AvgIpc) is 2.34. The number of hydrogen-bond donors (Lipinski definition) is 1. The van der Waals surface area contributed by atoms with Crippen molar-refractivity contribution in [3.8, 4) is 0 Å². The molecular formula is C11H12N4O2S. The molecule has 1 N–H and O–H groups in total. The molecule has 0 saturated heterocycles. The number of rotatable bonds is 2. The molecule has 94 valence electrons. The van der Waals surface area contributed by atoms with Crippen LogP contribution in [0.5, 0.6) is 0 Å². The van der Waals surface area contributed by atoms with E-state index in [0.717, 1.165) is 11.2 Å². The smallest absolute Gasteiger partial charge is 0.273 e. The highest BCUT2D eigenvalue weighted by Crippen LogP contribution is 2.29. The van der Waals surface area contributed by atoms with Crippen LogP contribution in [0.3, 0.4) is 0 Å². The molecule has 0 radical (unpaired) electrons. The largest absolute Gasteiger partial charge is 0.387 e. The molecule has 0 aliphatic rings. The maximum atomic E-state index is 10.9. The first-order chi connectivity index (χ1) is 8.45. The number of non-ortho nitro benzene ring substituents is 1. The van der Waals surface area contributed by atoms with Gasteiger partial charge in [0.15, 0.2) is 0 Å². The second-order valence-electron chi connectivity index (χ2n) is 3.92. The minimum Gasteiger partial charge on any atom is -0.387 e. The molecule has 2 aromatic rings. The summed E-state index contributed by atoms with van der Waals surface area (Å²) >= 11 is 5.36. The van der Waals surface area contributed by atoms with Gasteiger partial charge >= 0.3 is 0 Å². The summed E-state index contributed by atoms with van der Waals surface area (Å²) in [6.07, 6.45) is 0. The van der Waals surface area contributed by atoms with E-state index in [1.165, 1.54) is 12.1 Å². The minimum atomic E-state index is -0.437. The summed E-state index contributed by atoms with van der Waals surface area (Å²) in [6, 6.07) is 2.91. The van der Waals surface area contributed by atoms with Crippen LogP contribution in [0, 0.1) is 21.7 Å². The fraction of sp³-hybridized carbons (Fsp3) is 0.273. The SMILES string of the molecule is CNc1cc([N+](=O)[O-])cc2nc(C)n(C)c(=S)c12. The van der Waals surface area contributed by atoms with Gasteiger partial charge in [-0.1, -0.05) is 12.2 Å². The Morgan fingerprint density at radius 2 is 2.17 bits per heavy atom. The Morgan fingerprint density at radius 1 is 1.50 bits per heavy atom. The molecule has 1 aromatic carbocycles. The molecule has 1 aromatic heterocycles. The summed E-state index contributed by atoms with van der Waals surface area (Å²) in [5.74, 6) is 0.718. The lowest BCUT2D eigenvalue weighted by Crippen LogP contribution is -2.04. The monoisotopic (exact) mass is 264 g/mol. The Hall–Kier alpha value is -2.02. The van der Waals surface area contributed by atoms with Crippen molar-refractivity contribution < 1.29 is 4.92 Å². The molecular weight excluding hydrogens is 252 g/mol. The fourth-order valence-electron chi connectivity index (χ4n) is 1.79. The zero-order valence-corrected chi connectivity index (χ0v) is 11.0. The van der Waals surface area contributed by atoms with Crippen LogP contribution in [-0.2, 0) is 7.05 Å². The van der Waals surface area contributed by atoms with Crippen LogP contribution in [0.15, 0.2) is 12.1 Å². The van der Waals surface area contributed by atoms with Crippen molar-refractivity contribution in [2.45, 2.75) is 6.92 Å². The van der Waals surface area contributed by atoms with Crippen molar-refractivity contribution in [3.63, 3.8) is 0 Å². The van der Waals surface area contributed by atoms with Crippen LogP contribution in [0.4, 0.5) is 11.4 Å². The van der Waals surface area contributed by atoms with Crippen molar-refractivity contribution in [3.05, 3.63) is 32.7 Å². The molecule has 18 heavy (non-hydrogen) atoms. The number of aryl methyl sites for hydroxylation is 1. The topological polar surface area (TPSA) is 73.0 Å². The molecule has 0 amide bonds. The molecule has 0 bridgehead atoms. The Kier molecular flexibility index (Phi) is 3.00. The van der Waals surface area contributed by atoms with E-state index in [2.05, 4.69) is 10.3 Å². The van der Waals surface area contributed by atoms with Crippen LogP contribution < -0.4 is 5.32 Å². The van der Waals surface area contributed by atoms with E-state index in [1.807, 2.05) is 14.0 Å². The van der Waals surface area contributed by atoms with Gasteiger partial charge in [0.05, 0.1) is 21.5 Å². The van der Waals surface area contributed by atoms with Gasteiger partial charge < -0.3 is 9.88 Å². The van der Waals surface area contributed by atoms with E-state index >= 15 is 0 Å². The quantitative estimate of drug-likeness (QED) is 0.512. The Morgan fingerprint density at radius 3 is 2.72 bits per heavy atom. The van der Waals surface area contributed by atoms with Crippen molar-refractivity contribution in [1.82, 2.24) is 9.55 Å². The van der Waals surface area contributed by atoms with Gasteiger partial charge in [-0.2, -0.15) is 0 Å². The van der Waals surface area contributed by atoms with Crippen LogP contribution in [0.25, 0.3) is 10.9 Å². The maximum absolute atomic E-state index is 10.9. The second-order valence-corrected chi connectivity index (χ2v) is 4.30. The highest BCUT2D eigenvalue weighted by Gasteiger charge is 2.14. The first-order valence-corrected chi connectivity index (χ1v) is 5.70. The fourth-order valence-corrected chi connectivity index (χ4v) is 2.14. The van der Waals surface area contributed by atoms with E-state index in [1.54, 1.807) is 11.6 Å². The first kappa shape index (κ1) is 12.4. The van der Waals surface area contributed by atoms with Crippen LogP contribution >= 0.6 is 12.2 Å². The van der Waals surface area contributed by atoms with Gasteiger partial charge in [-0.05, 0) is 6.92 Å². The van der Waals surface area contributed by atoms with Gasteiger partial charge in [-0.15, -0.1) is 0 Å². The van der Waals surface area contributed by atoms with Crippen molar-refractivity contribution >= 4 is 34.5 Å². The van der Waals surface area contributed by atoms with Crippen LogP contribution in [0.1, 0.15) is 5.82 Å². The number of nitrogens with zero attached hydrogens (tertiary/aromatic N) is 3. The summed E-state index contributed by atoms with van der Waals surface area (Å²) in [5.41, 5.74) is 1.16. The Balaban J connectivity index is 2.97. The maximum Gasteiger partial charge on any atom is 0.273 e. The number of anilines is 1. The molecule has 7 heteroatoms. The second kappa shape index (κ2) is 4.34. The molecule has 0 spiro atoms. The number of nitro benzene ring substituents is 1. The minimum absolute atomic E-state index is 0.00185. The standard InChI is InChI=1S/C11H12N4O2S/c1-6-13-9-5-7(15(16)17)4-8(12-2)10(9)11(18)14(6)3/h4-5,12H,1-3H3. The summed E-state index contributed by atoms with van der Waals surface area (Å²) < 4.78 is 2.39. The number of aromatic nitrogens is 2. The normalized spacial score (nSPS) is 10.6. The van der Waals surface area contributed by atoms with Gasteiger partial charge in [-0.25, -0.2) is 4.98 Å². The summed E-state index contributed by atoms with van der Waals surface area (Å²) in [5, 5.41) is 14.5. The highest BCUT2D eigenvalue weighted by atomic mass is 32.1. The lowest BCUT2D eigenvalue weighted by molar-refractivity contribution is -0.384. The lowest BCUT2D eigenvalue weighted by Gasteiger charge is -2.10. The number of fused-ring (bicyclic) bond motifs is 1. The number of nitrogens with one attached hydrogen (secondary N) is 1. The first-order valence-electron chi connectivity index (χ1n) is 5.29. The molecule has 2 rings (SSSR count). The lowest BCUT2D eigenvalue weighted by atomic mass is 10.2. The number of nitro groups is 1. The summed E-state index contributed by atoms with van der Waals surface area (Å²) in [7, 11) is 3.53. The third-order valence-electron chi connectivity index (χ3n) is 2.87. The van der Waals surface area contributed by atoms with Crippen LogP contribution in [-0.4, -0.2) is 21.5 Å². The van der Waals surface area contributed by atoms with Gasteiger partial charge in [0, 0.05) is 26.2 Å².